The molecule has 0 atom stereocenters. The third-order valence-corrected chi connectivity index (χ3v) is 4.29. The number of sulfone groups is 1. The third kappa shape index (κ3) is 6.63. The summed E-state index contributed by atoms with van der Waals surface area (Å²) in [4.78, 5) is 0. The van der Waals surface area contributed by atoms with Crippen LogP contribution in [0.25, 0.3) is 0 Å². The van der Waals surface area contributed by atoms with Crippen LogP contribution in [-0.2, 0) is 34.2 Å². The second-order valence-electron chi connectivity index (χ2n) is 6.95. The Balaban J connectivity index is 0.00000288. The smallest absolute Gasteiger partial charge is 0.151 e. The second-order valence-corrected chi connectivity index (χ2v) is 9.09. The van der Waals surface area contributed by atoms with E-state index in [-0.39, 0.29) is 23.7 Å². The van der Waals surface area contributed by atoms with Gasteiger partial charge in [-0.1, -0.05) is 24.3 Å². The predicted molar refractivity (Wildman–Crippen MR) is 100 cm³/mol. The molecule has 0 saturated heterocycles. The number of benzene rings is 1. The van der Waals surface area contributed by atoms with Gasteiger partial charge in [0.15, 0.2) is 9.84 Å². The van der Waals surface area contributed by atoms with Gasteiger partial charge in [-0.2, -0.15) is 5.10 Å². The van der Waals surface area contributed by atoms with Crippen LogP contribution in [0.4, 0.5) is 0 Å². The molecule has 1 N–H and O–H groups in total. The molecule has 0 spiro atoms. The zero-order chi connectivity index (χ0) is 17.1. The molecule has 0 radical (unpaired) electrons. The van der Waals surface area contributed by atoms with Crippen molar-refractivity contribution in [3.05, 3.63) is 53.3 Å². The number of nitrogens with zero attached hydrogens (tertiary/aromatic N) is 2. The molecule has 1 aromatic heterocycles. The van der Waals surface area contributed by atoms with Gasteiger partial charge in [0.05, 0.1) is 17.5 Å². The summed E-state index contributed by atoms with van der Waals surface area (Å²) >= 11 is 0. The van der Waals surface area contributed by atoms with Crippen molar-refractivity contribution in [3.63, 3.8) is 0 Å². The standard InChI is InChI=1S/C17H25N3O2S.ClH/c1-17(2,3)20-12-16(11-19-20)10-18-9-14-5-7-15(8-6-14)13-23(4,21)22;/h5-8,11-12,18H,9-10,13H2,1-4H3;1H. The maximum Gasteiger partial charge on any atom is 0.151 e. The summed E-state index contributed by atoms with van der Waals surface area (Å²) in [6, 6.07) is 7.67. The monoisotopic (exact) mass is 371 g/mol. The van der Waals surface area contributed by atoms with Crippen molar-refractivity contribution in [2.75, 3.05) is 6.26 Å². The van der Waals surface area contributed by atoms with E-state index in [2.05, 4.69) is 37.4 Å². The lowest BCUT2D eigenvalue weighted by Crippen LogP contribution is -2.22. The van der Waals surface area contributed by atoms with Crippen molar-refractivity contribution >= 4 is 22.2 Å². The van der Waals surface area contributed by atoms with Gasteiger partial charge in [0.1, 0.15) is 0 Å². The Kier molecular flexibility index (Phi) is 7.01. The lowest BCUT2D eigenvalue weighted by Gasteiger charge is -2.18. The van der Waals surface area contributed by atoms with Gasteiger partial charge in [-0.25, -0.2) is 8.42 Å². The molecule has 0 unspecified atom stereocenters. The fraction of sp³-hybridized carbons (Fsp3) is 0.471. The molecule has 0 aliphatic carbocycles. The highest BCUT2D eigenvalue weighted by Gasteiger charge is 2.13. The minimum Gasteiger partial charge on any atom is -0.309 e. The largest absolute Gasteiger partial charge is 0.309 e. The van der Waals surface area contributed by atoms with E-state index in [1.165, 1.54) is 6.26 Å². The number of hydrogen-bond donors (Lipinski definition) is 1. The Morgan fingerprint density at radius 1 is 1.04 bits per heavy atom. The van der Waals surface area contributed by atoms with Crippen molar-refractivity contribution in [1.29, 1.82) is 0 Å². The van der Waals surface area contributed by atoms with Gasteiger partial charge in [-0.15, -0.1) is 12.4 Å². The van der Waals surface area contributed by atoms with Crippen LogP contribution < -0.4 is 5.32 Å². The number of aromatic nitrogens is 2. The number of nitrogens with one attached hydrogen (secondary N) is 1. The molecule has 0 bridgehead atoms. The summed E-state index contributed by atoms with van der Waals surface area (Å²) < 4.78 is 24.5. The van der Waals surface area contributed by atoms with Gasteiger partial charge in [-0.3, -0.25) is 4.68 Å². The van der Waals surface area contributed by atoms with Crippen LogP contribution in [0, 0.1) is 0 Å². The fourth-order valence-electron chi connectivity index (χ4n) is 2.23. The Hall–Kier alpha value is -1.37. The molecule has 7 heteroatoms. The maximum absolute atomic E-state index is 11.3. The molecule has 24 heavy (non-hydrogen) atoms. The zero-order valence-electron chi connectivity index (χ0n) is 14.6. The Morgan fingerprint density at radius 3 is 2.08 bits per heavy atom. The van der Waals surface area contributed by atoms with Crippen molar-refractivity contribution in [3.8, 4) is 0 Å². The highest BCUT2D eigenvalue weighted by molar-refractivity contribution is 7.89. The van der Waals surface area contributed by atoms with E-state index in [4.69, 9.17) is 0 Å². The molecule has 5 nitrogen and oxygen atoms in total. The number of halogens is 1. The molecule has 1 aromatic carbocycles. The molecule has 0 aliphatic heterocycles. The quantitative estimate of drug-likeness (QED) is 0.847. The van der Waals surface area contributed by atoms with Crippen molar-refractivity contribution in [1.82, 2.24) is 15.1 Å². The third-order valence-electron chi connectivity index (χ3n) is 3.43. The fourth-order valence-corrected chi connectivity index (χ4v) is 3.02. The molecule has 0 aliphatic rings. The summed E-state index contributed by atoms with van der Waals surface area (Å²) in [6.45, 7) is 7.85. The Morgan fingerprint density at radius 2 is 1.58 bits per heavy atom. The first-order chi connectivity index (χ1) is 10.6. The average molecular weight is 372 g/mol. The molecule has 0 saturated carbocycles. The minimum absolute atomic E-state index is 0. The van der Waals surface area contributed by atoms with E-state index in [1.54, 1.807) is 0 Å². The van der Waals surface area contributed by atoms with Crippen molar-refractivity contribution in [2.24, 2.45) is 0 Å². The zero-order valence-corrected chi connectivity index (χ0v) is 16.2. The number of hydrogen-bond acceptors (Lipinski definition) is 4. The van der Waals surface area contributed by atoms with Crippen LogP contribution in [0.2, 0.25) is 0 Å². The molecular weight excluding hydrogens is 346 g/mol. The second kappa shape index (κ2) is 8.14. The van der Waals surface area contributed by atoms with Gasteiger partial charge >= 0.3 is 0 Å². The van der Waals surface area contributed by atoms with Gasteiger partial charge in [0.25, 0.3) is 0 Å². The van der Waals surface area contributed by atoms with Gasteiger partial charge in [-0.05, 0) is 31.9 Å². The molecule has 2 rings (SSSR count). The topological polar surface area (TPSA) is 64.0 Å². The summed E-state index contributed by atoms with van der Waals surface area (Å²) in [6.07, 6.45) is 5.19. The van der Waals surface area contributed by atoms with Gasteiger partial charge in [0, 0.05) is 31.1 Å². The first-order valence-corrected chi connectivity index (χ1v) is 9.70. The predicted octanol–water partition coefficient (Wildman–Crippen LogP) is 2.89. The summed E-state index contributed by atoms with van der Waals surface area (Å²) in [5.74, 6) is 0.0900. The first-order valence-electron chi connectivity index (χ1n) is 7.64. The number of rotatable bonds is 6. The molecule has 1 heterocycles. The SMILES string of the molecule is CC(C)(C)n1cc(CNCc2ccc(CS(C)(=O)=O)cc2)cn1.Cl. The normalized spacial score (nSPS) is 12.0. The van der Waals surface area contributed by atoms with Gasteiger partial charge < -0.3 is 5.32 Å². The molecule has 0 amide bonds. The van der Waals surface area contributed by atoms with Crippen LogP contribution in [0.3, 0.4) is 0 Å². The molecule has 134 valence electrons. The van der Waals surface area contributed by atoms with Crippen LogP contribution in [0.15, 0.2) is 36.7 Å². The Bertz CT molecular complexity index is 747. The van der Waals surface area contributed by atoms with Crippen LogP contribution in [0.5, 0.6) is 0 Å². The molecule has 0 fully saturated rings. The molecular formula is C17H26ClN3O2S. The van der Waals surface area contributed by atoms with Crippen LogP contribution in [-0.4, -0.2) is 24.5 Å². The minimum atomic E-state index is -2.98. The van der Waals surface area contributed by atoms with E-state index in [0.29, 0.717) is 0 Å². The van der Waals surface area contributed by atoms with Gasteiger partial charge in [0.2, 0.25) is 0 Å². The van der Waals surface area contributed by atoms with E-state index in [9.17, 15) is 8.42 Å². The highest BCUT2D eigenvalue weighted by atomic mass is 35.5. The van der Waals surface area contributed by atoms with Crippen molar-refractivity contribution in [2.45, 2.75) is 45.2 Å². The lowest BCUT2D eigenvalue weighted by molar-refractivity contribution is 0.355. The van der Waals surface area contributed by atoms with Crippen LogP contribution in [0.1, 0.15) is 37.5 Å². The van der Waals surface area contributed by atoms with E-state index in [1.807, 2.05) is 35.1 Å². The van der Waals surface area contributed by atoms with Crippen LogP contribution >= 0.6 is 12.4 Å². The summed E-state index contributed by atoms with van der Waals surface area (Å²) in [7, 11) is -2.98. The summed E-state index contributed by atoms with van der Waals surface area (Å²) in [5.41, 5.74) is 3.09. The Labute approximate surface area is 150 Å². The molecule has 2 aromatic rings. The first kappa shape index (κ1) is 20.7. The average Bonchev–Trinajstić information content (AvgIpc) is 2.88. The lowest BCUT2D eigenvalue weighted by atomic mass is 10.1. The van der Waals surface area contributed by atoms with E-state index in [0.717, 1.165) is 29.8 Å². The highest BCUT2D eigenvalue weighted by Crippen LogP contribution is 2.13. The van der Waals surface area contributed by atoms with Crippen molar-refractivity contribution < 1.29 is 8.42 Å². The summed E-state index contributed by atoms with van der Waals surface area (Å²) in [5, 5.41) is 7.76. The van der Waals surface area contributed by atoms with E-state index >= 15 is 0 Å². The van der Waals surface area contributed by atoms with E-state index < -0.39 is 9.84 Å². The maximum atomic E-state index is 11.3.